The van der Waals surface area contributed by atoms with Gasteiger partial charge in [0.05, 0.1) is 17.5 Å². The van der Waals surface area contributed by atoms with E-state index in [1.165, 1.54) is 11.1 Å². The lowest BCUT2D eigenvalue weighted by atomic mass is 9.68. The van der Waals surface area contributed by atoms with Crippen molar-refractivity contribution in [3.05, 3.63) is 94.7 Å². The average Bonchev–Trinajstić information content (AvgIpc) is 3.53. The normalized spacial score (nSPS) is 25.0. The highest BCUT2D eigenvalue weighted by molar-refractivity contribution is 5.42. The van der Waals surface area contributed by atoms with Crippen LogP contribution in [0.3, 0.4) is 0 Å². The van der Waals surface area contributed by atoms with Gasteiger partial charge in [0.15, 0.2) is 0 Å². The van der Waals surface area contributed by atoms with Crippen molar-refractivity contribution in [3.8, 4) is 11.5 Å². The molecule has 0 radical (unpaired) electrons. The van der Waals surface area contributed by atoms with E-state index < -0.39 is 5.54 Å². The van der Waals surface area contributed by atoms with Gasteiger partial charge >= 0.3 is 0 Å². The summed E-state index contributed by atoms with van der Waals surface area (Å²) in [5, 5.41) is 8.47. The van der Waals surface area contributed by atoms with Gasteiger partial charge in [-0.3, -0.25) is 0 Å². The van der Waals surface area contributed by atoms with Gasteiger partial charge in [0.1, 0.15) is 29.1 Å². The molecule has 4 atom stereocenters. The van der Waals surface area contributed by atoms with Crippen molar-refractivity contribution in [3.63, 3.8) is 0 Å². The number of fused-ring (bicyclic) bond motifs is 1. The number of aryl methyl sites for hydroxylation is 3. The Balaban J connectivity index is 1.16. The molecule has 0 saturated heterocycles. The summed E-state index contributed by atoms with van der Waals surface area (Å²) in [5.41, 5.74) is 10.9. The van der Waals surface area contributed by atoms with Crippen LogP contribution in [-0.4, -0.2) is 22.0 Å². The van der Waals surface area contributed by atoms with Gasteiger partial charge in [-0.1, -0.05) is 40.6 Å². The van der Waals surface area contributed by atoms with Crippen molar-refractivity contribution < 1.29 is 18.5 Å². The number of rotatable bonds is 7. The lowest BCUT2D eigenvalue weighted by molar-refractivity contribution is 0.0676. The Morgan fingerprint density at radius 1 is 0.947 bits per heavy atom. The standard InChI is InChI=1S/C31H35N3O4/c1-20-14-25(33-37-20)17-24-18-28(12-13-31(24,32)19-26-15-21(2)38-34-26)35-27-9-11-30-23(16-27)8-10-29(36-30)22-6-4-3-5-7-22/h3-7,9,11,14-16,24,28-29H,8,10,12-13,17-19,32H2,1-2H3. The highest BCUT2D eigenvalue weighted by Gasteiger charge is 2.42. The average molecular weight is 514 g/mol. The molecule has 2 aromatic carbocycles. The van der Waals surface area contributed by atoms with E-state index in [4.69, 9.17) is 24.3 Å². The quantitative estimate of drug-likeness (QED) is 0.320. The van der Waals surface area contributed by atoms with E-state index in [0.29, 0.717) is 6.42 Å². The van der Waals surface area contributed by atoms with Crippen LogP contribution in [0.25, 0.3) is 0 Å². The molecule has 0 bridgehead atoms. The molecular weight excluding hydrogens is 478 g/mol. The van der Waals surface area contributed by atoms with Gasteiger partial charge in [-0.25, -0.2) is 0 Å². The van der Waals surface area contributed by atoms with Crippen molar-refractivity contribution in [1.29, 1.82) is 0 Å². The van der Waals surface area contributed by atoms with Crippen LogP contribution in [0.15, 0.2) is 69.7 Å². The Morgan fingerprint density at radius 3 is 2.45 bits per heavy atom. The maximum atomic E-state index is 7.09. The van der Waals surface area contributed by atoms with Crippen LogP contribution in [0.1, 0.15) is 65.8 Å². The Morgan fingerprint density at radius 2 is 1.71 bits per heavy atom. The first-order chi connectivity index (χ1) is 18.4. The first kappa shape index (κ1) is 24.7. The van der Waals surface area contributed by atoms with E-state index in [1.807, 2.05) is 38.1 Å². The molecule has 6 rings (SSSR count). The zero-order chi connectivity index (χ0) is 26.1. The van der Waals surface area contributed by atoms with Gasteiger partial charge in [0, 0.05) is 24.1 Å². The fraction of sp³-hybridized carbons (Fsp3) is 0.419. The summed E-state index contributed by atoms with van der Waals surface area (Å²) in [6.07, 6.45) is 6.05. The minimum Gasteiger partial charge on any atom is -0.490 e. The number of ether oxygens (including phenoxy) is 2. The second-order valence-electron chi connectivity index (χ2n) is 11.0. The maximum absolute atomic E-state index is 7.09. The zero-order valence-electron chi connectivity index (χ0n) is 22.1. The van der Waals surface area contributed by atoms with E-state index in [9.17, 15) is 0 Å². The van der Waals surface area contributed by atoms with Gasteiger partial charge in [0.2, 0.25) is 0 Å². The van der Waals surface area contributed by atoms with Crippen LogP contribution in [-0.2, 0) is 19.3 Å². The minimum atomic E-state index is -0.424. The SMILES string of the molecule is Cc1cc(CC2CC(Oc3ccc4c(c3)CCC(c3ccccc3)O4)CCC2(N)Cc2cc(C)on2)no1. The summed E-state index contributed by atoms with van der Waals surface area (Å²) in [6.45, 7) is 3.82. The van der Waals surface area contributed by atoms with Gasteiger partial charge < -0.3 is 24.3 Å². The van der Waals surface area contributed by atoms with E-state index in [-0.39, 0.29) is 18.1 Å². The lowest BCUT2D eigenvalue weighted by Gasteiger charge is -2.44. The molecule has 0 amide bonds. The highest BCUT2D eigenvalue weighted by Crippen LogP contribution is 2.40. The monoisotopic (exact) mass is 513 g/mol. The van der Waals surface area contributed by atoms with Crippen LogP contribution < -0.4 is 15.2 Å². The summed E-state index contributed by atoms with van der Waals surface area (Å²) in [5.74, 6) is 3.61. The van der Waals surface area contributed by atoms with Gasteiger partial charge in [-0.2, -0.15) is 0 Å². The fourth-order valence-corrected chi connectivity index (χ4v) is 6.07. The van der Waals surface area contributed by atoms with Gasteiger partial charge in [0.25, 0.3) is 0 Å². The predicted molar refractivity (Wildman–Crippen MR) is 143 cm³/mol. The second kappa shape index (κ2) is 10.3. The van der Waals surface area contributed by atoms with Crippen LogP contribution >= 0.6 is 0 Å². The van der Waals surface area contributed by atoms with Gasteiger partial charge in [-0.15, -0.1) is 0 Å². The maximum Gasteiger partial charge on any atom is 0.133 e. The molecule has 7 nitrogen and oxygen atoms in total. The lowest BCUT2D eigenvalue weighted by Crippen LogP contribution is -2.55. The molecule has 1 fully saturated rings. The molecule has 4 aromatic rings. The molecule has 7 heteroatoms. The molecule has 2 aliphatic rings. The number of hydrogen-bond acceptors (Lipinski definition) is 7. The summed E-state index contributed by atoms with van der Waals surface area (Å²) >= 11 is 0. The molecule has 4 unspecified atom stereocenters. The van der Waals surface area contributed by atoms with Crippen molar-refractivity contribution in [2.45, 2.75) is 76.5 Å². The molecule has 38 heavy (non-hydrogen) atoms. The van der Waals surface area contributed by atoms with E-state index >= 15 is 0 Å². The van der Waals surface area contributed by atoms with Crippen molar-refractivity contribution in [2.24, 2.45) is 11.7 Å². The summed E-state index contributed by atoms with van der Waals surface area (Å²) in [4.78, 5) is 0. The van der Waals surface area contributed by atoms with Crippen LogP contribution in [0.2, 0.25) is 0 Å². The predicted octanol–water partition coefficient (Wildman–Crippen LogP) is 6.08. The molecule has 1 aliphatic heterocycles. The third-order valence-corrected chi connectivity index (χ3v) is 8.06. The van der Waals surface area contributed by atoms with E-state index in [2.05, 4.69) is 46.7 Å². The summed E-state index contributed by atoms with van der Waals surface area (Å²) in [6, 6.07) is 20.6. The second-order valence-corrected chi connectivity index (χ2v) is 11.0. The first-order valence-corrected chi connectivity index (χ1v) is 13.6. The molecule has 1 saturated carbocycles. The number of nitrogens with zero attached hydrogens (tertiary/aromatic N) is 2. The molecule has 198 valence electrons. The minimum absolute atomic E-state index is 0.0725. The molecule has 3 heterocycles. The van der Waals surface area contributed by atoms with Crippen molar-refractivity contribution >= 4 is 0 Å². The molecule has 2 N–H and O–H groups in total. The number of aromatic nitrogens is 2. The number of nitrogens with two attached hydrogens (primary N) is 1. The number of hydrogen-bond donors (Lipinski definition) is 1. The zero-order valence-corrected chi connectivity index (χ0v) is 22.1. The molecular formula is C31H35N3O4. The van der Waals surface area contributed by atoms with E-state index in [0.717, 1.165) is 72.9 Å². The Bertz CT molecular complexity index is 1380. The van der Waals surface area contributed by atoms with Crippen LogP contribution in [0.4, 0.5) is 0 Å². The Labute approximate surface area is 223 Å². The Hall–Kier alpha value is -3.58. The fourth-order valence-electron chi connectivity index (χ4n) is 6.07. The Kier molecular flexibility index (Phi) is 6.70. The van der Waals surface area contributed by atoms with Crippen molar-refractivity contribution in [2.75, 3.05) is 0 Å². The topological polar surface area (TPSA) is 96.5 Å². The third-order valence-electron chi connectivity index (χ3n) is 8.06. The molecule has 2 aromatic heterocycles. The summed E-state index contributed by atoms with van der Waals surface area (Å²) in [7, 11) is 0. The third kappa shape index (κ3) is 5.34. The summed E-state index contributed by atoms with van der Waals surface area (Å²) < 4.78 is 23.6. The van der Waals surface area contributed by atoms with Gasteiger partial charge in [-0.05, 0) is 87.6 Å². The largest absolute Gasteiger partial charge is 0.490 e. The first-order valence-electron chi connectivity index (χ1n) is 13.6. The molecule has 0 spiro atoms. The smallest absolute Gasteiger partial charge is 0.133 e. The van der Waals surface area contributed by atoms with Crippen LogP contribution in [0, 0.1) is 19.8 Å². The molecule has 1 aliphatic carbocycles. The van der Waals surface area contributed by atoms with E-state index in [1.54, 1.807) is 0 Å². The van der Waals surface area contributed by atoms with Crippen LogP contribution in [0.5, 0.6) is 11.5 Å². The highest BCUT2D eigenvalue weighted by atomic mass is 16.5. The number of benzene rings is 2. The van der Waals surface area contributed by atoms with Crippen molar-refractivity contribution in [1.82, 2.24) is 10.3 Å².